The number of benzene rings is 1. The van der Waals surface area contributed by atoms with Crippen LogP contribution < -0.4 is 5.32 Å². The molecule has 0 aliphatic heterocycles. The van der Waals surface area contributed by atoms with Crippen molar-refractivity contribution in [3.05, 3.63) is 55.0 Å². The highest BCUT2D eigenvalue weighted by Crippen LogP contribution is 2.18. The minimum absolute atomic E-state index is 0.665. The fourth-order valence-corrected chi connectivity index (χ4v) is 2.40. The Morgan fingerprint density at radius 1 is 1.04 bits per heavy atom. The van der Waals surface area contributed by atoms with E-state index in [1.165, 1.54) is 6.33 Å². The maximum absolute atomic E-state index is 4.30. The van der Waals surface area contributed by atoms with Crippen LogP contribution in [0.2, 0.25) is 0 Å². The van der Waals surface area contributed by atoms with Gasteiger partial charge in [-0.25, -0.2) is 19.6 Å². The summed E-state index contributed by atoms with van der Waals surface area (Å²) in [6, 6.07) is 8.11. The normalized spacial score (nSPS) is 11.0. The number of hydrogen-bond donors (Lipinski definition) is 1. The summed E-state index contributed by atoms with van der Waals surface area (Å²) < 4.78 is 3.45. The molecule has 0 atom stereocenters. The van der Waals surface area contributed by atoms with E-state index in [4.69, 9.17) is 0 Å². The Morgan fingerprint density at radius 2 is 1.91 bits per heavy atom. The third-order valence-corrected chi connectivity index (χ3v) is 3.61. The first kappa shape index (κ1) is 13.4. The molecule has 8 heteroatoms. The molecule has 114 valence electrons. The second kappa shape index (κ2) is 5.48. The van der Waals surface area contributed by atoms with Gasteiger partial charge in [0.25, 0.3) is 0 Å². The third kappa shape index (κ3) is 2.50. The van der Waals surface area contributed by atoms with Crippen molar-refractivity contribution in [3.63, 3.8) is 0 Å². The Labute approximate surface area is 131 Å². The summed E-state index contributed by atoms with van der Waals surface area (Å²) in [5.74, 6) is 0.781. The molecule has 1 aromatic carbocycles. The fraction of sp³-hybridized carbons (Fsp3) is 0.133. The first-order valence-corrected chi connectivity index (χ1v) is 7.12. The average Bonchev–Trinajstić information content (AvgIpc) is 3.24. The molecule has 0 spiro atoms. The number of aryl methyl sites for hydroxylation is 1. The van der Waals surface area contributed by atoms with Crippen LogP contribution in [0, 0.1) is 0 Å². The summed E-state index contributed by atoms with van der Waals surface area (Å²) in [7, 11) is 1.86. The fourth-order valence-electron chi connectivity index (χ4n) is 2.40. The maximum atomic E-state index is 4.30. The van der Waals surface area contributed by atoms with Crippen LogP contribution in [0.25, 0.3) is 16.7 Å². The minimum atomic E-state index is 0.665. The van der Waals surface area contributed by atoms with Gasteiger partial charge in [-0.15, -0.1) is 0 Å². The molecular formula is C15H14N8. The Kier molecular flexibility index (Phi) is 3.19. The summed E-state index contributed by atoms with van der Waals surface area (Å²) in [5, 5.41) is 12.6. The van der Waals surface area contributed by atoms with Gasteiger partial charge in [-0.05, 0) is 17.7 Å². The number of nitrogens with zero attached hydrogens (tertiary/aromatic N) is 7. The van der Waals surface area contributed by atoms with Gasteiger partial charge >= 0.3 is 0 Å². The minimum Gasteiger partial charge on any atom is -0.365 e. The van der Waals surface area contributed by atoms with Crippen LogP contribution in [0.5, 0.6) is 0 Å². The van der Waals surface area contributed by atoms with Crippen molar-refractivity contribution in [2.75, 3.05) is 5.32 Å². The zero-order valence-electron chi connectivity index (χ0n) is 12.5. The van der Waals surface area contributed by atoms with Crippen molar-refractivity contribution in [1.29, 1.82) is 0 Å². The summed E-state index contributed by atoms with van der Waals surface area (Å²) in [5.41, 5.74) is 2.93. The SMILES string of the molecule is Cn1ncc2c(NCc3ccc(-n4cncn4)cc3)ncnc21. The van der Waals surface area contributed by atoms with E-state index >= 15 is 0 Å². The first-order chi connectivity index (χ1) is 11.3. The van der Waals surface area contributed by atoms with Gasteiger partial charge in [0.05, 0.1) is 17.3 Å². The van der Waals surface area contributed by atoms with Gasteiger partial charge in [-0.1, -0.05) is 12.1 Å². The lowest BCUT2D eigenvalue weighted by Gasteiger charge is -2.07. The molecular weight excluding hydrogens is 292 g/mol. The molecule has 0 aliphatic rings. The van der Waals surface area contributed by atoms with Gasteiger partial charge < -0.3 is 5.32 Å². The van der Waals surface area contributed by atoms with Gasteiger partial charge in [0.1, 0.15) is 24.8 Å². The lowest BCUT2D eigenvalue weighted by Crippen LogP contribution is -2.03. The van der Waals surface area contributed by atoms with Gasteiger partial charge in [0.15, 0.2) is 5.65 Å². The Hall–Kier alpha value is -3.29. The predicted molar refractivity (Wildman–Crippen MR) is 85.0 cm³/mol. The molecule has 0 radical (unpaired) electrons. The second-order valence-corrected chi connectivity index (χ2v) is 5.09. The lowest BCUT2D eigenvalue weighted by atomic mass is 10.2. The van der Waals surface area contributed by atoms with E-state index in [1.807, 2.05) is 31.3 Å². The van der Waals surface area contributed by atoms with E-state index in [2.05, 4.69) is 30.5 Å². The van der Waals surface area contributed by atoms with E-state index < -0.39 is 0 Å². The molecule has 8 nitrogen and oxygen atoms in total. The number of nitrogens with one attached hydrogen (secondary N) is 1. The van der Waals surface area contributed by atoms with Gasteiger partial charge in [-0.3, -0.25) is 4.68 Å². The monoisotopic (exact) mass is 306 g/mol. The van der Waals surface area contributed by atoms with E-state index in [0.717, 1.165) is 28.1 Å². The highest BCUT2D eigenvalue weighted by Gasteiger charge is 2.07. The smallest absolute Gasteiger partial charge is 0.163 e. The molecule has 0 aliphatic carbocycles. The van der Waals surface area contributed by atoms with Crippen LogP contribution >= 0.6 is 0 Å². The van der Waals surface area contributed by atoms with E-state index in [-0.39, 0.29) is 0 Å². The zero-order chi connectivity index (χ0) is 15.6. The number of hydrogen-bond acceptors (Lipinski definition) is 6. The molecule has 0 fully saturated rings. The second-order valence-electron chi connectivity index (χ2n) is 5.09. The standard InChI is InChI=1S/C15H14N8/c1-22-15-13(7-20-22)14(18-9-19-15)17-6-11-2-4-12(5-3-11)23-10-16-8-21-23/h2-5,7-10H,6H2,1H3,(H,17,18,19). The maximum Gasteiger partial charge on any atom is 0.163 e. The molecule has 0 saturated carbocycles. The van der Waals surface area contributed by atoms with Crippen molar-refractivity contribution in [1.82, 2.24) is 34.5 Å². The van der Waals surface area contributed by atoms with E-state index in [9.17, 15) is 0 Å². The Balaban J connectivity index is 1.52. The van der Waals surface area contributed by atoms with Crippen molar-refractivity contribution in [2.24, 2.45) is 7.05 Å². The van der Waals surface area contributed by atoms with E-state index in [1.54, 1.807) is 28.2 Å². The first-order valence-electron chi connectivity index (χ1n) is 7.12. The van der Waals surface area contributed by atoms with Crippen molar-refractivity contribution in [3.8, 4) is 5.69 Å². The molecule has 0 bridgehead atoms. The largest absolute Gasteiger partial charge is 0.365 e. The zero-order valence-corrected chi connectivity index (χ0v) is 12.5. The van der Waals surface area contributed by atoms with Crippen LogP contribution in [0.4, 0.5) is 5.82 Å². The topological polar surface area (TPSA) is 86.3 Å². The number of fused-ring (bicyclic) bond motifs is 1. The summed E-state index contributed by atoms with van der Waals surface area (Å²) in [6.45, 7) is 0.665. The Bertz CT molecular complexity index is 924. The molecule has 3 heterocycles. The molecule has 0 unspecified atom stereocenters. The lowest BCUT2D eigenvalue weighted by molar-refractivity contribution is 0.785. The summed E-state index contributed by atoms with van der Waals surface area (Å²) in [6.07, 6.45) is 6.50. The Morgan fingerprint density at radius 3 is 2.70 bits per heavy atom. The van der Waals surface area contributed by atoms with Crippen molar-refractivity contribution < 1.29 is 0 Å². The van der Waals surface area contributed by atoms with E-state index in [0.29, 0.717) is 6.54 Å². The summed E-state index contributed by atoms with van der Waals surface area (Å²) >= 11 is 0. The highest BCUT2D eigenvalue weighted by atomic mass is 15.3. The van der Waals surface area contributed by atoms with Crippen LogP contribution in [-0.4, -0.2) is 34.5 Å². The molecule has 0 amide bonds. The van der Waals surface area contributed by atoms with Crippen LogP contribution in [0.15, 0.2) is 49.4 Å². The quantitative estimate of drug-likeness (QED) is 0.615. The molecule has 1 N–H and O–H groups in total. The average molecular weight is 306 g/mol. The van der Waals surface area contributed by atoms with Crippen molar-refractivity contribution in [2.45, 2.75) is 6.54 Å². The van der Waals surface area contributed by atoms with Gasteiger partial charge in [0, 0.05) is 13.6 Å². The third-order valence-electron chi connectivity index (χ3n) is 3.61. The summed E-state index contributed by atoms with van der Waals surface area (Å²) in [4.78, 5) is 12.5. The molecule has 23 heavy (non-hydrogen) atoms. The van der Waals surface area contributed by atoms with Gasteiger partial charge in [0.2, 0.25) is 0 Å². The van der Waals surface area contributed by atoms with Gasteiger partial charge in [-0.2, -0.15) is 10.2 Å². The van der Waals surface area contributed by atoms with Crippen LogP contribution in [0.1, 0.15) is 5.56 Å². The molecule has 0 saturated heterocycles. The molecule has 3 aromatic heterocycles. The highest BCUT2D eigenvalue weighted by molar-refractivity contribution is 5.85. The molecule has 4 aromatic rings. The van der Waals surface area contributed by atoms with Crippen LogP contribution in [-0.2, 0) is 13.6 Å². The molecule has 4 rings (SSSR count). The number of anilines is 1. The van der Waals surface area contributed by atoms with Crippen molar-refractivity contribution >= 4 is 16.9 Å². The predicted octanol–water partition coefficient (Wildman–Crippen LogP) is 1.56. The number of aromatic nitrogens is 7. The number of rotatable bonds is 4. The van der Waals surface area contributed by atoms with Crippen LogP contribution in [0.3, 0.4) is 0 Å².